The Morgan fingerprint density at radius 1 is 1.17 bits per heavy atom. The van der Waals surface area contributed by atoms with Gasteiger partial charge in [0.1, 0.15) is 5.82 Å². The standard InChI is InChI=1S/C19H17FN2O2/c1-13-4-2-3-5-16(13)22-18(23)10-11-19-21-12-17(24-19)14-6-8-15(20)9-7-14/h2-9,12H,10-11H2,1H3,(H,22,23). The lowest BCUT2D eigenvalue weighted by Crippen LogP contribution is -2.13. The Morgan fingerprint density at radius 3 is 2.67 bits per heavy atom. The fourth-order valence-corrected chi connectivity index (χ4v) is 2.32. The van der Waals surface area contributed by atoms with Gasteiger partial charge in [0, 0.05) is 24.1 Å². The molecule has 122 valence electrons. The first-order valence-corrected chi connectivity index (χ1v) is 7.68. The first-order chi connectivity index (χ1) is 11.6. The summed E-state index contributed by atoms with van der Waals surface area (Å²) >= 11 is 0. The molecule has 24 heavy (non-hydrogen) atoms. The molecule has 0 aliphatic heterocycles. The number of anilines is 1. The molecular weight excluding hydrogens is 307 g/mol. The summed E-state index contributed by atoms with van der Waals surface area (Å²) in [6.07, 6.45) is 2.26. The molecule has 2 aromatic carbocycles. The number of amides is 1. The number of carbonyl (C=O) groups excluding carboxylic acids is 1. The molecule has 1 aromatic heterocycles. The molecule has 0 saturated carbocycles. The van der Waals surface area contributed by atoms with E-state index in [1.807, 2.05) is 31.2 Å². The minimum absolute atomic E-state index is 0.0918. The van der Waals surface area contributed by atoms with E-state index in [0.29, 0.717) is 18.1 Å². The number of rotatable bonds is 5. The highest BCUT2D eigenvalue weighted by atomic mass is 19.1. The van der Waals surface area contributed by atoms with Crippen LogP contribution in [0.4, 0.5) is 10.1 Å². The summed E-state index contributed by atoms with van der Waals surface area (Å²) in [5.41, 5.74) is 2.57. The Kier molecular flexibility index (Phi) is 4.70. The van der Waals surface area contributed by atoms with Crippen molar-refractivity contribution in [1.29, 1.82) is 0 Å². The Morgan fingerprint density at radius 2 is 1.92 bits per heavy atom. The number of hydrogen-bond acceptors (Lipinski definition) is 3. The number of para-hydroxylation sites is 1. The lowest BCUT2D eigenvalue weighted by molar-refractivity contribution is -0.116. The maximum absolute atomic E-state index is 12.9. The lowest BCUT2D eigenvalue weighted by atomic mass is 10.2. The predicted octanol–water partition coefficient (Wildman–Crippen LogP) is 4.36. The van der Waals surface area contributed by atoms with E-state index in [-0.39, 0.29) is 18.1 Å². The highest BCUT2D eigenvalue weighted by Gasteiger charge is 2.10. The third kappa shape index (κ3) is 3.87. The summed E-state index contributed by atoms with van der Waals surface area (Å²) in [4.78, 5) is 16.2. The number of benzene rings is 2. The molecule has 0 fully saturated rings. The molecule has 0 bridgehead atoms. The van der Waals surface area contributed by atoms with Gasteiger partial charge in [-0.3, -0.25) is 4.79 Å². The molecule has 0 saturated heterocycles. The summed E-state index contributed by atoms with van der Waals surface area (Å²) < 4.78 is 18.6. The van der Waals surface area contributed by atoms with Crippen LogP contribution in [0.1, 0.15) is 17.9 Å². The Hall–Kier alpha value is -2.95. The number of oxazole rings is 1. The Balaban J connectivity index is 1.58. The number of halogens is 1. The SMILES string of the molecule is Cc1ccccc1NC(=O)CCc1ncc(-c2ccc(F)cc2)o1. The number of nitrogens with zero attached hydrogens (tertiary/aromatic N) is 1. The van der Waals surface area contributed by atoms with Crippen molar-refractivity contribution in [1.82, 2.24) is 4.98 Å². The molecule has 4 nitrogen and oxygen atoms in total. The third-order valence-corrected chi connectivity index (χ3v) is 3.67. The first-order valence-electron chi connectivity index (χ1n) is 7.68. The minimum Gasteiger partial charge on any atom is -0.441 e. The number of hydrogen-bond donors (Lipinski definition) is 1. The second-order valence-electron chi connectivity index (χ2n) is 5.49. The number of nitrogens with one attached hydrogen (secondary N) is 1. The maximum Gasteiger partial charge on any atom is 0.224 e. The summed E-state index contributed by atoms with van der Waals surface area (Å²) in [5.74, 6) is 0.649. The highest BCUT2D eigenvalue weighted by molar-refractivity contribution is 5.91. The molecule has 1 amide bonds. The van der Waals surface area contributed by atoms with E-state index in [1.54, 1.807) is 18.3 Å². The molecule has 1 N–H and O–H groups in total. The van der Waals surface area contributed by atoms with Gasteiger partial charge in [-0.2, -0.15) is 0 Å². The lowest BCUT2D eigenvalue weighted by Gasteiger charge is -2.07. The van der Waals surface area contributed by atoms with Gasteiger partial charge in [-0.25, -0.2) is 9.37 Å². The van der Waals surface area contributed by atoms with E-state index in [1.165, 1.54) is 12.1 Å². The van der Waals surface area contributed by atoms with Gasteiger partial charge in [0.25, 0.3) is 0 Å². The van der Waals surface area contributed by atoms with Gasteiger partial charge in [-0.15, -0.1) is 0 Å². The molecule has 0 unspecified atom stereocenters. The molecule has 0 aliphatic carbocycles. The summed E-state index contributed by atoms with van der Waals surface area (Å²) in [7, 11) is 0. The second-order valence-corrected chi connectivity index (χ2v) is 5.49. The van der Waals surface area contributed by atoms with E-state index in [4.69, 9.17) is 4.42 Å². The Labute approximate surface area is 139 Å². The van der Waals surface area contributed by atoms with Crippen LogP contribution in [0.15, 0.2) is 59.1 Å². The summed E-state index contributed by atoms with van der Waals surface area (Å²) in [5, 5.41) is 2.88. The molecule has 3 aromatic rings. The van der Waals surface area contributed by atoms with Crippen molar-refractivity contribution < 1.29 is 13.6 Å². The van der Waals surface area contributed by atoms with E-state index in [2.05, 4.69) is 10.3 Å². The van der Waals surface area contributed by atoms with Crippen LogP contribution in [-0.4, -0.2) is 10.9 Å². The van der Waals surface area contributed by atoms with Crippen LogP contribution in [0.2, 0.25) is 0 Å². The van der Waals surface area contributed by atoms with Crippen molar-refractivity contribution in [3.05, 3.63) is 72.0 Å². The van der Waals surface area contributed by atoms with Crippen LogP contribution in [0.3, 0.4) is 0 Å². The molecule has 5 heteroatoms. The average Bonchev–Trinajstić information content (AvgIpc) is 3.05. The highest BCUT2D eigenvalue weighted by Crippen LogP contribution is 2.21. The quantitative estimate of drug-likeness (QED) is 0.758. The van der Waals surface area contributed by atoms with Crippen molar-refractivity contribution in [3.63, 3.8) is 0 Å². The number of aromatic nitrogens is 1. The van der Waals surface area contributed by atoms with Crippen LogP contribution in [0.25, 0.3) is 11.3 Å². The van der Waals surface area contributed by atoms with Gasteiger partial charge >= 0.3 is 0 Å². The minimum atomic E-state index is -0.300. The first kappa shape index (κ1) is 15.9. The van der Waals surface area contributed by atoms with Gasteiger partial charge in [-0.1, -0.05) is 18.2 Å². The zero-order chi connectivity index (χ0) is 16.9. The fraction of sp³-hybridized carbons (Fsp3) is 0.158. The van der Waals surface area contributed by atoms with Gasteiger partial charge in [0.15, 0.2) is 11.7 Å². The predicted molar refractivity (Wildman–Crippen MR) is 90.0 cm³/mol. The zero-order valence-corrected chi connectivity index (χ0v) is 13.3. The molecule has 1 heterocycles. The van der Waals surface area contributed by atoms with Crippen molar-refractivity contribution >= 4 is 11.6 Å². The molecule has 0 radical (unpaired) electrons. The maximum atomic E-state index is 12.9. The van der Waals surface area contributed by atoms with E-state index < -0.39 is 0 Å². The van der Waals surface area contributed by atoms with Gasteiger partial charge < -0.3 is 9.73 Å². The van der Waals surface area contributed by atoms with Crippen molar-refractivity contribution in [2.24, 2.45) is 0 Å². The molecule has 0 atom stereocenters. The molecular formula is C19H17FN2O2. The molecule has 3 rings (SSSR count). The number of carbonyl (C=O) groups is 1. The smallest absolute Gasteiger partial charge is 0.224 e. The van der Waals surface area contributed by atoms with Crippen LogP contribution < -0.4 is 5.32 Å². The fourth-order valence-electron chi connectivity index (χ4n) is 2.32. The van der Waals surface area contributed by atoms with Crippen LogP contribution in [-0.2, 0) is 11.2 Å². The van der Waals surface area contributed by atoms with E-state index in [9.17, 15) is 9.18 Å². The average molecular weight is 324 g/mol. The van der Waals surface area contributed by atoms with Crippen molar-refractivity contribution in [3.8, 4) is 11.3 Å². The summed E-state index contributed by atoms with van der Waals surface area (Å²) in [6, 6.07) is 13.6. The zero-order valence-electron chi connectivity index (χ0n) is 13.3. The van der Waals surface area contributed by atoms with Crippen molar-refractivity contribution in [2.45, 2.75) is 19.8 Å². The van der Waals surface area contributed by atoms with E-state index in [0.717, 1.165) is 16.8 Å². The second kappa shape index (κ2) is 7.08. The van der Waals surface area contributed by atoms with Crippen LogP contribution in [0, 0.1) is 12.7 Å². The van der Waals surface area contributed by atoms with Gasteiger partial charge in [0.05, 0.1) is 6.20 Å². The third-order valence-electron chi connectivity index (χ3n) is 3.67. The van der Waals surface area contributed by atoms with Gasteiger partial charge in [0.2, 0.25) is 5.91 Å². The van der Waals surface area contributed by atoms with E-state index >= 15 is 0 Å². The molecule has 0 spiro atoms. The topological polar surface area (TPSA) is 55.1 Å². The van der Waals surface area contributed by atoms with Crippen molar-refractivity contribution in [2.75, 3.05) is 5.32 Å². The number of aryl methyl sites for hydroxylation is 2. The monoisotopic (exact) mass is 324 g/mol. The normalized spacial score (nSPS) is 10.6. The Bertz CT molecular complexity index is 841. The molecule has 0 aliphatic rings. The summed E-state index contributed by atoms with van der Waals surface area (Å²) in [6.45, 7) is 1.94. The van der Waals surface area contributed by atoms with Gasteiger partial charge in [-0.05, 0) is 42.8 Å². The van der Waals surface area contributed by atoms with Crippen LogP contribution in [0.5, 0.6) is 0 Å². The van der Waals surface area contributed by atoms with Crippen LogP contribution >= 0.6 is 0 Å². The largest absolute Gasteiger partial charge is 0.441 e.